The fourth-order valence-corrected chi connectivity index (χ4v) is 4.15. The van der Waals surface area contributed by atoms with Crippen LogP contribution in [0.2, 0.25) is 0 Å². The van der Waals surface area contributed by atoms with Crippen LogP contribution in [-0.2, 0) is 19.1 Å². The second kappa shape index (κ2) is 12.4. The Morgan fingerprint density at radius 3 is 2.32 bits per heavy atom. The quantitative estimate of drug-likeness (QED) is 0.424. The van der Waals surface area contributed by atoms with Crippen LogP contribution in [0.1, 0.15) is 12.8 Å². The van der Waals surface area contributed by atoms with Gasteiger partial charge in [-0.2, -0.15) is 0 Å². The Hall–Kier alpha value is -3.89. The lowest BCUT2D eigenvalue weighted by atomic mass is 10.1. The van der Waals surface area contributed by atoms with Crippen LogP contribution in [0.4, 0.5) is 5.95 Å². The molecule has 1 N–H and O–H groups in total. The van der Waals surface area contributed by atoms with Crippen LogP contribution < -0.4 is 14.8 Å². The van der Waals surface area contributed by atoms with Crippen molar-refractivity contribution in [3.05, 3.63) is 54.7 Å². The van der Waals surface area contributed by atoms with Crippen molar-refractivity contribution in [2.75, 3.05) is 52.9 Å². The molecule has 4 rings (SSSR count). The maximum atomic E-state index is 13.1. The molecule has 10 heteroatoms. The van der Waals surface area contributed by atoms with Crippen molar-refractivity contribution < 1.29 is 28.5 Å². The monoisotopic (exact) mass is 508 g/mol. The summed E-state index contributed by atoms with van der Waals surface area (Å²) in [5.74, 6) is 1.14. The van der Waals surface area contributed by atoms with Crippen LogP contribution in [0.5, 0.6) is 11.5 Å². The minimum absolute atomic E-state index is 0.0865. The summed E-state index contributed by atoms with van der Waals surface area (Å²) in [4.78, 5) is 31.9. The first-order chi connectivity index (χ1) is 18.0. The highest BCUT2D eigenvalue weighted by Crippen LogP contribution is 2.27. The molecule has 0 bridgehead atoms. The van der Waals surface area contributed by atoms with Gasteiger partial charge in [0.1, 0.15) is 24.7 Å². The van der Waals surface area contributed by atoms with Gasteiger partial charge >= 0.3 is 0 Å². The lowest BCUT2D eigenvalue weighted by Gasteiger charge is -2.24. The zero-order valence-electron chi connectivity index (χ0n) is 21.3. The van der Waals surface area contributed by atoms with Gasteiger partial charge in [-0.25, -0.2) is 4.98 Å². The molecular formula is C27H32N4O6. The highest BCUT2D eigenvalue weighted by molar-refractivity contribution is 5.94. The van der Waals surface area contributed by atoms with Crippen molar-refractivity contribution in [2.24, 2.45) is 0 Å². The normalized spacial score (nSPS) is 14.8. The molecule has 1 aromatic heterocycles. The molecule has 2 heterocycles. The Balaban J connectivity index is 1.58. The molecule has 3 aromatic rings. The van der Waals surface area contributed by atoms with E-state index in [-0.39, 0.29) is 31.1 Å². The van der Waals surface area contributed by atoms with Crippen molar-refractivity contribution in [1.29, 1.82) is 0 Å². The van der Waals surface area contributed by atoms with Gasteiger partial charge in [0.25, 0.3) is 0 Å². The van der Waals surface area contributed by atoms with Gasteiger partial charge in [-0.05, 0) is 61.4 Å². The highest BCUT2D eigenvalue weighted by Gasteiger charge is 2.25. The summed E-state index contributed by atoms with van der Waals surface area (Å²) < 4.78 is 23.0. The SMILES string of the molecule is COCC(=O)N(CC(=O)Nc1nc(-c2ccc(OC)cc2)cn1-c1ccc(OC)cc1)CC1CCCO1. The molecule has 1 atom stereocenters. The number of rotatable bonds is 11. The van der Waals surface area contributed by atoms with Crippen LogP contribution in [0, 0.1) is 0 Å². The van der Waals surface area contributed by atoms with E-state index in [4.69, 9.17) is 23.9 Å². The van der Waals surface area contributed by atoms with Crippen molar-refractivity contribution >= 4 is 17.8 Å². The maximum Gasteiger partial charge on any atom is 0.249 e. The van der Waals surface area contributed by atoms with Gasteiger partial charge in [0.05, 0.1) is 26.0 Å². The number of hydrogen-bond acceptors (Lipinski definition) is 7. The number of hydrogen-bond donors (Lipinski definition) is 1. The third kappa shape index (κ3) is 6.66. The Labute approximate surface area is 216 Å². The van der Waals surface area contributed by atoms with Gasteiger partial charge in [-0.15, -0.1) is 0 Å². The number of nitrogens with zero attached hydrogens (tertiary/aromatic N) is 3. The molecule has 0 saturated carbocycles. The summed E-state index contributed by atoms with van der Waals surface area (Å²) in [6.07, 6.45) is 3.55. The molecule has 196 valence electrons. The van der Waals surface area contributed by atoms with E-state index in [0.29, 0.717) is 30.5 Å². The molecule has 1 aliphatic rings. The fraction of sp³-hybridized carbons (Fsp3) is 0.370. The molecule has 1 fully saturated rings. The molecule has 1 saturated heterocycles. The van der Waals surface area contributed by atoms with Crippen LogP contribution in [-0.4, -0.2) is 80.0 Å². The fourth-order valence-electron chi connectivity index (χ4n) is 4.15. The van der Waals surface area contributed by atoms with E-state index >= 15 is 0 Å². The molecule has 0 aliphatic carbocycles. The Morgan fingerprint density at radius 2 is 1.73 bits per heavy atom. The first-order valence-corrected chi connectivity index (χ1v) is 12.1. The van der Waals surface area contributed by atoms with Crippen molar-refractivity contribution in [1.82, 2.24) is 14.5 Å². The lowest BCUT2D eigenvalue weighted by molar-refractivity contribution is -0.139. The molecule has 37 heavy (non-hydrogen) atoms. The van der Waals surface area contributed by atoms with Crippen LogP contribution in [0.25, 0.3) is 16.9 Å². The van der Waals surface area contributed by atoms with Gasteiger partial charge in [0, 0.05) is 37.7 Å². The smallest absolute Gasteiger partial charge is 0.249 e. The summed E-state index contributed by atoms with van der Waals surface area (Å²) in [6, 6.07) is 14.9. The topological polar surface area (TPSA) is 104 Å². The number of amides is 2. The number of carbonyl (C=O) groups is 2. The average molecular weight is 509 g/mol. The largest absolute Gasteiger partial charge is 0.497 e. The second-order valence-electron chi connectivity index (χ2n) is 8.64. The number of anilines is 1. The molecule has 2 amide bonds. The zero-order chi connectivity index (χ0) is 26.2. The third-order valence-corrected chi connectivity index (χ3v) is 6.10. The minimum atomic E-state index is -0.371. The van der Waals surface area contributed by atoms with E-state index in [1.54, 1.807) is 18.8 Å². The number of aromatic nitrogens is 2. The van der Waals surface area contributed by atoms with E-state index < -0.39 is 0 Å². The Bertz CT molecular complexity index is 1190. The molecule has 1 aliphatic heterocycles. The van der Waals surface area contributed by atoms with Gasteiger partial charge in [-0.3, -0.25) is 19.5 Å². The summed E-state index contributed by atoms with van der Waals surface area (Å²) in [6.45, 7) is 0.744. The molecule has 0 radical (unpaired) electrons. The zero-order valence-corrected chi connectivity index (χ0v) is 21.3. The second-order valence-corrected chi connectivity index (χ2v) is 8.64. The minimum Gasteiger partial charge on any atom is -0.497 e. The van der Waals surface area contributed by atoms with Crippen LogP contribution >= 0.6 is 0 Å². The van der Waals surface area contributed by atoms with E-state index in [2.05, 4.69) is 5.32 Å². The van der Waals surface area contributed by atoms with Crippen LogP contribution in [0.3, 0.4) is 0 Å². The molecular weight excluding hydrogens is 476 g/mol. The van der Waals surface area contributed by atoms with Gasteiger partial charge in [0.2, 0.25) is 17.8 Å². The number of benzene rings is 2. The van der Waals surface area contributed by atoms with Crippen molar-refractivity contribution in [2.45, 2.75) is 18.9 Å². The summed E-state index contributed by atoms with van der Waals surface area (Å²) in [7, 11) is 4.67. The number of carbonyl (C=O) groups excluding carboxylic acids is 2. The highest BCUT2D eigenvalue weighted by atomic mass is 16.5. The Kier molecular flexibility index (Phi) is 8.76. The first-order valence-electron chi connectivity index (χ1n) is 12.1. The average Bonchev–Trinajstić information content (AvgIpc) is 3.59. The van der Waals surface area contributed by atoms with E-state index in [1.807, 2.05) is 54.7 Å². The number of imidazole rings is 1. The number of methoxy groups -OCH3 is 3. The molecule has 10 nitrogen and oxygen atoms in total. The van der Waals surface area contributed by atoms with E-state index in [9.17, 15) is 9.59 Å². The van der Waals surface area contributed by atoms with Gasteiger partial charge in [-0.1, -0.05) is 0 Å². The summed E-state index contributed by atoms with van der Waals surface area (Å²) >= 11 is 0. The van der Waals surface area contributed by atoms with Crippen LogP contribution in [0.15, 0.2) is 54.7 Å². The van der Waals surface area contributed by atoms with E-state index in [1.165, 1.54) is 12.0 Å². The third-order valence-electron chi connectivity index (χ3n) is 6.10. The molecule has 2 aromatic carbocycles. The predicted octanol–water partition coefficient (Wildman–Crippen LogP) is 3.15. The lowest BCUT2D eigenvalue weighted by Crippen LogP contribution is -2.44. The Morgan fingerprint density at radius 1 is 1.05 bits per heavy atom. The molecule has 1 unspecified atom stereocenters. The van der Waals surface area contributed by atoms with Gasteiger partial charge < -0.3 is 23.8 Å². The number of ether oxygens (including phenoxy) is 4. The predicted molar refractivity (Wildman–Crippen MR) is 138 cm³/mol. The van der Waals surface area contributed by atoms with E-state index in [0.717, 1.165) is 29.8 Å². The number of nitrogens with one attached hydrogen (secondary N) is 1. The standard InChI is InChI=1S/C27H32N4O6/c1-34-18-26(33)30(15-23-5-4-14-37-23)17-25(32)29-27-28-24(19-6-10-21(35-2)11-7-19)16-31(27)20-8-12-22(36-3)13-9-20/h6-13,16,23H,4-5,14-15,17-18H2,1-3H3,(H,28,29,32). The first kappa shape index (κ1) is 26.2. The summed E-state index contributed by atoms with van der Waals surface area (Å²) in [5.41, 5.74) is 2.31. The van der Waals surface area contributed by atoms with Gasteiger partial charge in [0.15, 0.2) is 0 Å². The summed E-state index contributed by atoms with van der Waals surface area (Å²) in [5, 5.41) is 2.88. The maximum absolute atomic E-state index is 13.1. The van der Waals surface area contributed by atoms with Crippen molar-refractivity contribution in [3.8, 4) is 28.4 Å². The molecule has 0 spiro atoms. The van der Waals surface area contributed by atoms with Crippen molar-refractivity contribution in [3.63, 3.8) is 0 Å².